The van der Waals surface area contributed by atoms with Gasteiger partial charge in [0.05, 0.1) is 12.0 Å². The predicted octanol–water partition coefficient (Wildman–Crippen LogP) is 5.21. The minimum atomic E-state index is -3.87. The van der Waals surface area contributed by atoms with E-state index in [0.29, 0.717) is 33.5 Å². The fourth-order valence-corrected chi connectivity index (χ4v) is 4.77. The molecular formula is C25H22N2O4S. The first-order valence-corrected chi connectivity index (χ1v) is 11.4. The maximum atomic E-state index is 13.1. The van der Waals surface area contributed by atoms with E-state index < -0.39 is 10.0 Å². The molecule has 0 saturated carbocycles. The lowest BCUT2D eigenvalue weighted by Crippen LogP contribution is -2.15. The zero-order chi connectivity index (χ0) is 22.7. The smallest absolute Gasteiger partial charge is 0.262 e. The van der Waals surface area contributed by atoms with Crippen LogP contribution in [-0.2, 0) is 10.0 Å². The molecule has 7 heteroatoms. The molecule has 0 bridgehead atoms. The molecule has 1 amide bonds. The highest BCUT2D eigenvalue weighted by molar-refractivity contribution is 7.93. The van der Waals surface area contributed by atoms with Crippen LogP contribution in [0, 0.1) is 6.92 Å². The Bertz CT molecular complexity index is 1400. The van der Waals surface area contributed by atoms with E-state index in [4.69, 9.17) is 4.74 Å². The van der Waals surface area contributed by atoms with Gasteiger partial charge < -0.3 is 10.1 Å². The quantitative estimate of drug-likeness (QED) is 0.426. The summed E-state index contributed by atoms with van der Waals surface area (Å²) in [5.41, 5.74) is 2.38. The van der Waals surface area contributed by atoms with Gasteiger partial charge in [-0.15, -0.1) is 0 Å². The molecule has 0 aromatic heterocycles. The lowest BCUT2D eigenvalue weighted by atomic mass is 10.1. The second kappa shape index (κ2) is 8.72. The minimum Gasteiger partial charge on any atom is -0.497 e. The normalized spacial score (nSPS) is 11.2. The van der Waals surface area contributed by atoms with Crippen LogP contribution in [0.25, 0.3) is 10.8 Å². The number of sulfonamides is 1. The van der Waals surface area contributed by atoms with E-state index in [2.05, 4.69) is 10.0 Å². The number of fused-ring (bicyclic) bond motifs is 1. The van der Waals surface area contributed by atoms with Crippen LogP contribution in [0.3, 0.4) is 0 Å². The number of hydrogen-bond donors (Lipinski definition) is 2. The van der Waals surface area contributed by atoms with Crippen molar-refractivity contribution in [3.8, 4) is 5.75 Å². The number of carbonyl (C=O) groups is 1. The van der Waals surface area contributed by atoms with E-state index in [1.165, 1.54) is 6.07 Å². The maximum Gasteiger partial charge on any atom is 0.262 e. The average Bonchev–Trinajstić information content (AvgIpc) is 2.79. The minimum absolute atomic E-state index is 0.123. The number of hydrogen-bond acceptors (Lipinski definition) is 4. The third kappa shape index (κ3) is 4.29. The number of amides is 1. The number of methoxy groups -OCH3 is 1. The van der Waals surface area contributed by atoms with Crippen LogP contribution in [-0.4, -0.2) is 21.4 Å². The molecular weight excluding hydrogens is 424 g/mol. The third-order valence-corrected chi connectivity index (χ3v) is 6.59. The molecule has 162 valence electrons. The van der Waals surface area contributed by atoms with Crippen molar-refractivity contribution in [2.24, 2.45) is 0 Å². The standard InChI is InChI=1S/C25H22N2O4S/c1-17-7-3-4-8-20(17)25(28)26-23-15-16-24(22-10-6-5-9-21(22)23)32(29,30)27-18-11-13-19(31-2)14-12-18/h3-16,27H,1-2H3,(H,26,28). The van der Waals surface area contributed by atoms with E-state index >= 15 is 0 Å². The molecule has 0 fully saturated rings. The first-order valence-electron chi connectivity index (χ1n) is 9.94. The summed E-state index contributed by atoms with van der Waals surface area (Å²) in [5.74, 6) is 0.382. The monoisotopic (exact) mass is 446 g/mol. The highest BCUT2D eigenvalue weighted by Crippen LogP contribution is 2.31. The van der Waals surface area contributed by atoms with E-state index in [1.807, 2.05) is 19.1 Å². The van der Waals surface area contributed by atoms with Crippen molar-refractivity contribution in [3.63, 3.8) is 0 Å². The van der Waals surface area contributed by atoms with E-state index in [0.717, 1.165) is 5.56 Å². The summed E-state index contributed by atoms with van der Waals surface area (Å²) in [4.78, 5) is 12.9. The fourth-order valence-electron chi connectivity index (χ4n) is 3.50. The summed E-state index contributed by atoms with van der Waals surface area (Å²) < 4.78 is 34.0. The largest absolute Gasteiger partial charge is 0.497 e. The Morgan fingerprint density at radius 3 is 2.16 bits per heavy atom. The summed E-state index contributed by atoms with van der Waals surface area (Å²) in [5, 5.41) is 4.06. The number of rotatable bonds is 6. The maximum absolute atomic E-state index is 13.1. The molecule has 32 heavy (non-hydrogen) atoms. The van der Waals surface area contributed by atoms with Gasteiger partial charge in [-0.25, -0.2) is 8.42 Å². The van der Waals surface area contributed by atoms with E-state index in [1.54, 1.807) is 73.8 Å². The first kappa shape index (κ1) is 21.4. The van der Waals surface area contributed by atoms with Gasteiger partial charge >= 0.3 is 0 Å². The molecule has 0 radical (unpaired) electrons. The van der Waals surface area contributed by atoms with Crippen LogP contribution < -0.4 is 14.8 Å². The Labute approximate surface area is 186 Å². The predicted molar refractivity (Wildman–Crippen MR) is 127 cm³/mol. The van der Waals surface area contributed by atoms with Crippen molar-refractivity contribution >= 4 is 38.1 Å². The number of carbonyl (C=O) groups excluding carboxylic acids is 1. The lowest BCUT2D eigenvalue weighted by molar-refractivity contribution is 0.102. The molecule has 0 saturated heterocycles. The highest BCUT2D eigenvalue weighted by atomic mass is 32.2. The van der Waals surface area contributed by atoms with Crippen LogP contribution in [0.4, 0.5) is 11.4 Å². The SMILES string of the molecule is COc1ccc(NS(=O)(=O)c2ccc(NC(=O)c3ccccc3C)c3ccccc23)cc1. The lowest BCUT2D eigenvalue weighted by Gasteiger charge is -2.14. The molecule has 0 heterocycles. The second-order valence-electron chi connectivity index (χ2n) is 7.26. The summed E-state index contributed by atoms with van der Waals surface area (Å²) >= 11 is 0. The van der Waals surface area contributed by atoms with Crippen molar-refractivity contribution in [2.45, 2.75) is 11.8 Å². The number of ether oxygens (including phenoxy) is 1. The number of nitrogens with one attached hydrogen (secondary N) is 2. The molecule has 4 aromatic carbocycles. The number of anilines is 2. The molecule has 6 nitrogen and oxygen atoms in total. The molecule has 0 aliphatic heterocycles. The Morgan fingerprint density at radius 2 is 1.47 bits per heavy atom. The van der Waals surface area contributed by atoms with Gasteiger partial charge in [-0.3, -0.25) is 9.52 Å². The van der Waals surface area contributed by atoms with Crippen molar-refractivity contribution in [3.05, 3.63) is 96.1 Å². The summed E-state index contributed by atoms with van der Waals surface area (Å²) in [6.07, 6.45) is 0. The Kier molecular flexibility index (Phi) is 5.83. The second-order valence-corrected chi connectivity index (χ2v) is 8.91. The molecule has 0 aliphatic carbocycles. The highest BCUT2D eigenvalue weighted by Gasteiger charge is 2.20. The van der Waals surface area contributed by atoms with Crippen molar-refractivity contribution in [2.75, 3.05) is 17.1 Å². The van der Waals surface area contributed by atoms with E-state index in [9.17, 15) is 13.2 Å². The van der Waals surface area contributed by atoms with Gasteiger partial charge in [0.1, 0.15) is 5.75 Å². The molecule has 0 atom stereocenters. The van der Waals surface area contributed by atoms with Crippen molar-refractivity contribution < 1.29 is 17.9 Å². The van der Waals surface area contributed by atoms with Gasteiger partial charge in [0.25, 0.3) is 15.9 Å². The summed E-state index contributed by atoms with van der Waals surface area (Å²) in [6.45, 7) is 1.87. The summed E-state index contributed by atoms with van der Waals surface area (Å²) in [7, 11) is -2.32. The van der Waals surface area contributed by atoms with Crippen molar-refractivity contribution in [1.82, 2.24) is 0 Å². The zero-order valence-electron chi connectivity index (χ0n) is 17.6. The van der Waals surface area contributed by atoms with Gasteiger partial charge in [-0.2, -0.15) is 0 Å². The van der Waals surface area contributed by atoms with Crippen LogP contribution in [0.1, 0.15) is 15.9 Å². The molecule has 0 spiro atoms. The molecule has 0 aliphatic rings. The average molecular weight is 447 g/mol. The first-order chi connectivity index (χ1) is 15.4. The molecule has 0 unspecified atom stereocenters. The van der Waals surface area contributed by atoms with E-state index in [-0.39, 0.29) is 10.8 Å². The topological polar surface area (TPSA) is 84.5 Å². The molecule has 4 rings (SSSR count). The molecule has 4 aromatic rings. The van der Waals surface area contributed by atoms with Crippen LogP contribution >= 0.6 is 0 Å². The van der Waals surface area contributed by atoms with Crippen LogP contribution in [0.2, 0.25) is 0 Å². The van der Waals surface area contributed by atoms with Gasteiger partial charge in [-0.1, -0.05) is 42.5 Å². The third-order valence-electron chi connectivity index (χ3n) is 5.15. The number of benzene rings is 4. The van der Waals surface area contributed by atoms with Gasteiger partial charge in [0.2, 0.25) is 0 Å². The number of aryl methyl sites for hydroxylation is 1. The van der Waals surface area contributed by atoms with Gasteiger partial charge in [-0.05, 0) is 55.0 Å². The zero-order valence-corrected chi connectivity index (χ0v) is 18.4. The fraction of sp³-hybridized carbons (Fsp3) is 0.0800. The van der Waals surface area contributed by atoms with Gasteiger partial charge in [0, 0.05) is 27.7 Å². The Hall–Kier alpha value is -3.84. The summed E-state index contributed by atoms with van der Waals surface area (Å²) in [6, 6.07) is 24.1. The van der Waals surface area contributed by atoms with Gasteiger partial charge in [0.15, 0.2) is 0 Å². The Morgan fingerprint density at radius 1 is 0.812 bits per heavy atom. The van der Waals surface area contributed by atoms with Crippen LogP contribution in [0.15, 0.2) is 89.8 Å². The van der Waals surface area contributed by atoms with Crippen molar-refractivity contribution in [1.29, 1.82) is 0 Å². The Balaban J connectivity index is 1.70. The van der Waals surface area contributed by atoms with Crippen LogP contribution in [0.5, 0.6) is 5.75 Å². The molecule has 2 N–H and O–H groups in total.